The molecule has 0 aliphatic rings. The highest BCUT2D eigenvalue weighted by molar-refractivity contribution is 6.04. The minimum atomic E-state index is -4.80. The van der Waals surface area contributed by atoms with Crippen LogP contribution in [0.1, 0.15) is 15.9 Å². The Bertz CT molecular complexity index is 736. The number of anilines is 1. The van der Waals surface area contributed by atoms with Crippen LogP contribution >= 0.6 is 0 Å². The van der Waals surface area contributed by atoms with Crippen molar-refractivity contribution in [1.29, 1.82) is 5.26 Å². The van der Waals surface area contributed by atoms with E-state index in [1.54, 1.807) is 0 Å². The minimum Gasteiger partial charge on any atom is -0.406 e. The van der Waals surface area contributed by atoms with Gasteiger partial charge in [0.1, 0.15) is 5.75 Å². The predicted octanol–water partition coefficient (Wildman–Crippen LogP) is 3.71. The predicted molar refractivity (Wildman–Crippen MR) is 72.2 cm³/mol. The molecule has 0 saturated heterocycles. The zero-order chi connectivity index (χ0) is 16.2. The van der Waals surface area contributed by atoms with E-state index >= 15 is 0 Å². The molecular weight excluding hydrogens is 297 g/mol. The van der Waals surface area contributed by atoms with E-state index in [2.05, 4.69) is 10.1 Å². The van der Waals surface area contributed by atoms with Crippen LogP contribution in [0.5, 0.6) is 5.75 Å². The number of nitrogens with one attached hydrogen (secondary N) is 1. The van der Waals surface area contributed by atoms with Gasteiger partial charge in [-0.1, -0.05) is 12.1 Å². The Balaban J connectivity index is 2.15. The molecule has 2 aromatic rings. The SMILES string of the molecule is N#Cc1cccc(C(=O)Nc2cccc(OC(F)(F)F)c2)c1. The van der Waals surface area contributed by atoms with Gasteiger partial charge in [-0.2, -0.15) is 5.26 Å². The molecule has 22 heavy (non-hydrogen) atoms. The van der Waals surface area contributed by atoms with Crippen molar-refractivity contribution in [3.05, 3.63) is 59.7 Å². The summed E-state index contributed by atoms with van der Waals surface area (Å²) in [6.45, 7) is 0. The average Bonchev–Trinajstić information content (AvgIpc) is 2.46. The molecule has 0 aliphatic carbocycles. The van der Waals surface area contributed by atoms with Gasteiger partial charge in [0.2, 0.25) is 0 Å². The molecule has 112 valence electrons. The Hall–Kier alpha value is -3.01. The Morgan fingerprint density at radius 3 is 2.55 bits per heavy atom. The van der Waals surface area contributed by atoms with Crippen molar-refractivity contribution in [2.24, 2.45) is 0 Å². The van der Waals surface area contributed by atoms with Crippen molar-refractivity contribution in [3.8, 4) is 11.8 Å². The molecule has 7 heteroatoms. The molecule has 0 aromatic heterocycles. The van der Waals surface area contributed by atoms with E-state index in [1.165, 1.54) is 36.4 Å². The fourth-order valence-electron chi connectivity index (χ4n) is 1.70. The van der Waals surface area contributed by atoms with E-state index in [-0.39, 0.29) is 11.3 Å². The summed E-state index contributed by atoms with van der Waals surface area (Å²) >= 11 is 0. The molecule has 0 radical (unpaired) electrons. The molecule has 2 aromatic carbocycles. The smallest absolute Gasteiger partial charge is 0.406 e. The molecule has 0 bridgehead atoms. The van der Waals surface area contributed by atoms with Crippen LogP contribution in [0, 0.1) is 11.3 Å². The van der Waals surface area contributed by atoms with Gasteiger partial charge in [0.25, 0.3) is 5.91 Å². The van der Waals surface area contributed by atoms with Crippen LogP contribution in [0.3, 0.4) is 0 Å². The third-order valence-electron chi connectivity index (χ3n) is 2.58. The van der Waals surface area contributed by atoms with Crippen LogP contribution in [-0.2, 0) is 0 Å². The summed E-state index contributed by atoms with van der Waals surface area (Å²) in [4.78, 5) is 12.0. The number of nitriles is 1. The molecule has 0 aliphatic heterocycles. The summed E-state index contributed by atoms with van der Waals surface area (Å²) < 4.78 is 40.2. The van der Waals surface area contributed by atoms with E-state index < -0.39 is 18.0 Å². The second-order valence-corrected chi connectivity index (χ2v) is 4.22. The maximum atomic E-state index is 12.1. The van der Waals surface area contributed by atoms with E-state index in [0.717, 1.165) is 12.1 Å². The maximum Gasteiger partial charge on any atom is 0.573 e. The molecular formula is C15H9F3N2O2. The van der Waals surface area contributed by atoms with E-state index in [1.807, 2.05) is 6.07 Å². The number of hydrogen-bond acceptors (Lipinski definition) is 3. The number of carbonyl (C=O) groups is 1. The standard InChI is InChI=1S/C15H9F3N2O2/c16-15(17,18)22-13-6-2-5-12(8-13)20-14(21)11-4-1-3-10(7-11)9-19/h1-8H,(H,20,21). The number of carbonyl (C=O) groups excluding carboxylic acids is 1. The molecule has 0 atom stereocenters. The summed E-state index contributed by atoms with van der Waals surface area (Å²) in [5.41, 5.74) is 0.678. The number of alkyl halides is 3. The van der Waals surface area contributed by atoms with E-state index in [0.29, 0.717) is 5.56 Å². The molecule has 0 fully saturated rings. The molecule has 0 unspecified atom stereocenters. The van der Waals surface area contributed by atoms with Gasteiger partial charge in [0.05, 0.1) is 11.6 Å². The largest absolute Gasteiger partial charge is 0.573 e. The third kappa shape index (κ3) is 4.24. The lowest BCUT2D eigenvalue weighted by Crippen LogP contribution is -2.17. The van der Waals surface area contributed by atoms with Gasteiger partial charge in [-0.15, -0.1) is 13.2 Å². The van der Waals surface area contributed by atoms with Crippen LogP contribution in [-0.4, -0.2) is 12.3 Å². The zero-order valence-electron chi connectivity index (χ0n) is 11.0. The quantitative estimate of drug-likeness (QED) is 0.940. The van der Waals surface area contributed by atoms with Gasteiger partial charge in [-0.05, 0) is 30.3 Å². The fraction of sp³-hybridized carbons (Fsp3) is 0.0667. The van der Waals surface area contributed by atoms with Crippen molar-refractivity contribution < 1.29 is 22.7 Å². The molecule has 2 rings (SSSR count). The lowest BCUT2D eigenvalue weighted by molar-refractivity contribution is -0.274. The van der Waals surface area contributed by atoms with E-state index in [9.17, 15) is 18.0 Å². The highest BCUT2D eigenvalue weighted by Crippen LogP contribution is 2.25. The van der Waals surface area contributed by atoms with Gasteiger partial charge < -0.3 is 10.1 Å². The number of benzene rings is 2. The Morgan fingerprint density at radius 1 is 1.14 bits per heavy atom. The van der Waals surface area contributed by atoms with Crippen molar-refractivity contribution in [3.63, 3.8) is 0 Å². The van der Waals surface area contributed by atoms with Crippen molar-refractivity contribution in [1.82, 2.24) is 0 Å². The summed E-state index contributed by atoms with van der Waals surface area (Å²) in [6.07, 6.45) is -4.80. The van der Waals surface area contributed by atoms with Gasteiger partial charge in [0, 0.05) is 17.3 Å². The van der Waals surface area contributed by atoms with E-state index in [4.69, 9.17) is 5.26 Å². The zero-order valence-corrected chi connectivity index (χ0v) is 11.0. The summed E-state index contributed by atoms with van der Waals surface area (Å²) in [7, 11) is 0. The number of rotatable bonds is 3. The molecule has 0 spiro atoms. The highest BCUT2D eigenvalue weighted by atomic mass is 19.4. The number of hydrogen-bond donors (Lipinski definition) is 1. The lowest BCUT2D eigenvalue weighted by Gasteiger charge is -2.10. The average molecular weight is 306 g/mol. The molecule has 1 amide bonds. The Labute approximate surface area is 123 Å². The van der Waals surface area contributed by atoms with Gasteiger partial charge in [0.15, 0.2) is 0 Å². The normalized spacial score (nSPS) is 10.6. The Kier molecular flexibility index (Phi) is 4.32. The summed E-state index contributed by atoms with van der Waals surface area (Å²) in [6, 6.07) is 12.8. The fourth-order valence-corrected chi connectivity index (χ4v) is 1.70. The van der Waals surface area contributed by atoms with Crippen LogP contribution in [0.4, 0.5) is 18.9 Å². The second-order valence-electron chi connectivity index (χ2n) is 4.22. The monoisotopic (exact) mass is 306 g/mol. The number of nitrogens with zero attached hydrogens (tertiary/aromatic N) is 1. The number of amides is 1. The molecule has 4 nitrogen and oxygen atoms in total. The molecule has 0 saturated carbocycles. The van der Waals surface area contributed by atoms with Crippen molar-refractivity contribution in [2.75, 3.05) is 5.32 Å². The summed E-state index contributed by atoms with van der Waals surface area (Å²) in [5, 5.41) is 11.2. The van der Waals surface area contributed by atoms with Crippen LogP contribution in [0.15, 0.2) is 48.5 Å². The maximum absolute atomic E-state index is 12.1. The first kappa shape index (κ1) is 15.4. The van der Waals surface area contributed by atoms with Crippen molar-refractivity contribution >= 4 is 11.6 Å². The van der Waals surface area contributed by atoms with Crippen LogP contribution < -0.4 is 10.1 Å². The Morgan fingerprint density at radius 2 is 1.86 bits per heavy atom. The van der Waals surface area contributed by atoms with Gasteiger partial charge >= 0.3 is 6.36 Å². The molecule has 1 N–H and O–H groups in total. The lowest BCUT2D eigenvalue weighted by atomic mass is 10.1. The second kappa shape index (κ2) is 6.18. The third-order valence-corrected chi connectivity index (χ3v) is 2.58. The first-order valence-corrected chi connectivity index (χ1v) is 6.05. The first-order valence-electron chi connectivity index (χ1n) is 6.05. The topological polar surface area (TPSA) is 62.1 Å². The number of halogens is 3. The minimum absolute atomic E-state index is 0.147. The van der Waals surface area contributed by atoms with Crippen molar-refractivity contribution in [2.45, 2.75) is 6.36 Å². The number of ether oxygens (including phenoxy) is 1. The highest BCUT2D eigenvalue weighted by Gasteiger charge is 2.31. The van der Waals surface area contributed by atoms with Gasteiger partial charge in [-0.3, -0.25) is 4.79 Å². The first-order chi connectivity index (χ1) is 10.4. The molecule has 0 heterocycles. The van der Waals surface area contributed by atoms with Crippen LogP contribution in [0.2, 0.25) is 0 Å². The van der Waals surface area contributed by atoms with Crippen LogP contribution in [0.25, 0.3) is 0 Å². The van der Waals surface area contributed by atoms with Gasteiger partial charge in [-0.25, -0.2) is 0 Å². The summed E-state index contributed by atoms with van der Waals surface area (Å²) in [5.74, 6) is -0.975.